The molecule has 5 aromatic rings. The Morgan fingerprint density at radius 1 is 0.946 bits per heavy atom. The molecule has 3 saturated carbocycles. The highest BCUT2D eigenvalue weighted by molar-refractivity contribution is 5.92. The number of pyridine rings is 1. The molecule has 0 saturated heterocycles. The van der Waals surface area contributed by atoms with Crippen molar-refractivity contribution in [2.75, 3.05) is 5.32 Å². The van der Waals surface area contributed by atoms with Crippen LogP contribution in [0.25, 0.3) is 45.2 Å². The van der Waals surface area contributed by atoms with E-state index in [4.69, 9.17) is 14.4 Å². The van der Waals surface area contributed by atoms with E-state index >= 15 is 0 Å². The normalized spacial score (nSPS) is 23.0. The van der Waals surface area contributed by atoms with Gasteiger partial charge in [0.2, 0.25) is 0 Å². The lowest BCUT2D eigenvalue weighted by Gasteiger charge is -2.47. The number of H-pyrrole nitrogens is 1. The molecule has 0 aliphatic heterocycles. The second-order valence-corrected chi connectivity index (χ2v) is 10.4. The standard InChI is InChI=1S/C30H28FN5O/c1-17-18-7-9-20(10-8-18)28(17)35-27-14-24(26-12-11-25(37-26)19-5-3-2-4-6-19)34-30(36-27)23-16-33-29-22(23)13-21(31)15-32-29/h2-6,11-18,20,28H,7-10H2,1H3,(H,32,33)(H,34,35,36). The highest BCUT2D eigenvalue weighted by atomic mass is 19.1. The van der Waals surface area contributed by atoms with Gasteiger partial charge in [0, 0.05) is 34.8 Å². The summed E-state index contributed by atoms with van der Waals surface area (Å²) >= 11 is 0. The molecule has 3 fully saturated rings. The van der Waals surface area contributed by atoms with Gasteiger partial charge in [0.1, 0.15) is 28.7 Å². The van der Waals surface area contributed by atoms with Crippen molar-refractivity contribution in [3.8, 4) is 34.2 Å². The average Bonchev–Trinajstić information content (AvgIpc) is 3.59. The van der Waals surface area contributed by atoms with Crippen LogP contribution < -0.4 is 5.32 Å². The van der Waals surface area contributed by atoms with Gasteiger partial charge < -0.3 is 14.7 Å². The summed E-state index contributed by atoms with van der Waals surface area (Å²) in [6.07, 6.45) is 8.19. The lowest BCUT2D eigenvalue weighted by Crippen LogP contribution is -2.47. The van der Waals surface area contributed by atoms with Crippen molar-refractivity contribution in [1.29, 1.82) is 0 Å². The minimum absolute atomic E-state index is 0.377. The summed E-state index contributed by atoms with van der Waals surface area (Å²) in [5.74, 6) is 4.33. The third-order valence-electron chi connectivity index (χ3n) is 8.33. The molecule has 0 spiro atoms. The van der Waals surface area contributed by atoms with Crippen molar-refractivity contribution in [1.82, 2.24) is 19.9 Å². The average molecular weight is 494 g/mol. The number of aromatic amines is 1. The fourth-order valence-electron chi connectivity index (χ4n) is 6.34. The largest absolute Gasteiger partial charge is 0.454 e. The van der Waals surface area contributed by atoms with Gasteiger partial charge in [-0.2, -0.15) is 0 Å². The summed E-state index contributed by atoms with van der Waals surface area (Å²) in [5, 5.41) is 4.43. The molecule has 186 valence electrons. The Morgan fingerprint density at radius 3 is 2.54 bits per heavy atom. The monoisotopic (exact) mass is 493 g/mol. The molecule has 2 atom stereocenters. The Balaban J connectivity index is 1.32. The van der Waals surface area contributed by atoms with Crippen LogP contribution in [0.5, 0.6) is 0 Å². The minimum Gasteiger partial charge on any atom is -0.454 e. The zero-order valence-corrected chi connectivity index (χ0v) is 20.6. The smallest absolute Gasteiger partial charge is 0.164 e. The Hall–Kier alpha value is -4.00. The fraction of sp³-hybridized carbons (Fsp3) is 0.300. The highest BCUT2D eigenvalue weighted by Crippen LogP contribution is 2.46. The molecule has 3 aliphatic carbocycles. The lowest BCUT2D eigenvalue weighted by molar-refractivity contribution is 0.0928. The van der Waals surface area contributed by atoms with Gasteiger partial charge in [0.15, 0.2) is 11.6 Å². The number of benzene rings is 1. The maximum Gasteiger partial charge on any atom is 0.164 e. The maximum absolute atomic E-state index is 14.1. The number of hydrogen-bond donors (Lipinski definition) is 2. The van der Waals surface area contributed by atoms with Crippen LogP contribution in [0.15, 0.2) is 71.4 Å². The van der Waals surface area contributed by atoms with Gasteiger partial charge in [0.05, 0.1) is 6.20 Å². The third-order valence-corrected chi connectivity index (χ3v) is 8.33. The first kappa shape index (κ1) is 22.2. The second-order valence-electron chi connectivity index (χ2n) is 10.4. The van der Waals surface area contributed by atoms with E-state index in [0.29, 0.717) is 51.8 Å². The molecule has 37 heavy (non-hydrogen) atoms. The van der Waals surface area contributed by atoms with E-state index in [1.54, 1.807) is 6.20 Å². The van der Waals surface area contributed by atoms with E-state index in [9.17, 15) is 4.39 Å². The van der Waals surface area contributed by atoms with Crippen LogP contribution in [0.2, 0.25) is 0 Å². The molecule has 4 heterocycles. The van der Waals surface area contributed by atoms with Gasteiger partial charge in [-0.15, -0.1) is 0 Å². The highest BCUT2D eigenvalue weighted by Gasteiger charge is 2.41. The molecular formula is C30H28FN5O. The van der Waals surface area contributed by atoms with Gasteiger partial charge >= 0.3 is 0 Å². The van der Waals surface area contributed by atoms with E-state index in [-0.39, 0.29) is 0 Å². The van der Waals surface area contributed by atoms with Crippen molar-refractivity contribution in [3.05, 3.63) is 72.8 Å². The van der Waals surface area contributed by atoms with Crippen LogP contribution in [0.1, 0.15) is 32.6 Å². The number of nitrogens with zero attached hydrogens (tertiary/aromatic N) is 3. The summed E-state index contributed by atoms with van der Waals surface area (Å²) in [4.78, 5) is 17.1. The molecule has 3 aliphatic rings. The number of hydrogen-bond acceptors (Lipinski definition) is 5. The molecule has 1 aromatic carbocycles. The Morgan fingerprint density at radius 2 is 1.73 bits per heavy atom. The van der Waals surface area contributed by atoms with Crippen molar-refractivity contribution >= 4 is 16.9 Å². The summed E-state index contributed by atoms with van der Waals surface area (Å²) in [7, 11) is 0. The molecule has 2 unspecified atom stereocenters. The van der Waals surface area contributed by atoms with Gasteiger partial charge in [0.25, 0.3) is 0 Å². The van der Waals surface area contributed by atoms with E-state index in [2.05, 4.69) is 22.2 Å². The molecule has 2 N–H and O–H groups in total. The first-order chi connectivity index (χ1) is 18.1. The number of anilines is 1. The molecule has 8 rings (SSSR count). The zero-order valence-electron chi connectivity index (χ0n) is 20.6. The Bertz CT molecular complexity index is 1570. The molecule has 0 radical (unpaired) electrons. The summed E-state index contributed by atoms with van der Waals surface area (Å²) in [6, 6.07) is 17.7. The van der Waals surface area contributed by atoms with Crippen LogP contribution in [-0.2, 0) is 0 Å². The first-order valence-electron chi connectivity index (χ1n) is 13.1. The van der Waals surface area contributed by atoms with Crippen LogP contribution in [0.4, 0.5) is 10.2 Å². The molecule has 6 nitrogen and oxygen atoms in total. The first-order valence-corrected chi connectivity index (χ1v) is 13.1. The lowest BCUT2D eigenvalue weighted by atomic mass is 9.62. The van der Waals surface area contributed by atoms with Crippen molar-refractivity contribution in [3.63, 3.8) is 0 Å². The zero-order chi connectivity index (χ0) is 24.9. The molecule has 7 heteroatoms. The Labute approximate surface area is 214 Å². The van der Waals surface area contributed by atoms with Gasteiger partial charge in [-0.1, -0.05) is 37.3 Å². The number of nitrogens with one attached hydrogen (secondary N) is 2. The summed E-state index contributed by atoms with van der Waals surface area (Å²) < 4.78 is 20.3. The SMILES string of the molecule is CC1C2CCC(CC2)C1Nc1cc(-c2ccc(-c3ccccc3)o2)nc(-c2c[nH]c3ncc(F)cc23)n1. The number of rotatable bonds is 5. The number of fused-ring (bicyclic) bond motifs is 4. The van der Waals surface area contributed by atoms with Crippen molar-refractivity contribution in [2.24, 2.45) is 17.8 Å². The summed E-state index contributed by atoms with van der Waals surface area (Å²) in [6.45, 7) is 2.36. The van der Waals surface area contributed by atoms with Crippen molar-refractivity contribution < 1.29 is 8.81 Å². The fourth-order valence-corrected chi connectivity index (χ4v) is 6.34. The molecule has 2 bridgehead atoms. The summed E-state index contributed by atoms with van der Waals surface area (Å²) in [5.41, 5.74) is 3.00. The third kappa shape index (κ3) is 3.99. The van der Waals surface area contributed by atoms with E-state index < -0.39 is 5.82 Å². The molecular weight excluding hydrogens is 465 g/mol. The van der Waals surface area contributed by atoms with Crippen LogP contribution in [0, 0.1) is 23.6 Å². The van der Waals surface area contributed by atoms with Crippen LogP contribution >= 0.6 is 0 Å². The van der Waals surface area contributed by atoms with E-state index in [0.717, 1.165) is 23.1 Å². The maximum atomic E-state index is 14.1. The van der Waals surface area contributed by atoms with Gasteiger partial charge in [-0.05, 0) is 61.6 Å². The topological polar surface area (TPSA) is 79.6 Å². The minimum atomic E-state index is -0.395. The van der Waals surface area contributed by atoms with E-state index in [1.165, 1.54) is 37.9 Å². The van der Waals surface area contributed by atoms with Crippen LogP contribution in [-0.4, -0.2) is 26.0 Å². The van der Waals surface area contributed by atoms with Crippen molar-refractivity contribution in [2.45, 2.75) is 38.6 Å². The number of aromatic nitrogens is 4. The number of halogens is 1. The van der Waals surface area contributed by atoms with E-state index in [1.807, 2.05) is 48.5 Å². The van der Waals surface area contributed by atoms with Gasteiger partial charge in [-0.25, -0.2) is 19.3 Å². The molecule has 4 aromatic heterocycles. The Kier molecular flexibility index (Phi) is 5.30. The quantitative estimate of drug-likeness (QED) is 0.268. The predicted molar refractivity (Wildman–Crippen MR) is 142 cm³/mol. The van der Waals surface area contributed by atoms with Gasteiger partial charge in [-0.3, -0.25) is 0 Å². The second kappa shape index (κ2) is 8.83. The van der Waals surface area contributed by atoms with Crippen LogP contribution in [0.3, 0.4) is 0 Å². The number of furan rings is 1. The molecule has 0 amide bonds. The predicted octanol–water partition coefficient (Wildman–Crippen LogP) is 7.32.